The SMILES string of the molecule is Nc1cccc(NC(=O)c2ccccc2)c1.O=C(O)c1ccco1. The van der Waals surface area contributed by atoms with E-state index in [1.165, 1.54) is 18.4 Å². The summed E-state index contributed by atoms with van der Waals surface area (Å²) in [6.45, 7) is 0. The molecule has 122 valence electrons. The molecule has 1 amide bonds. The van der Waals surface area contributed by atoms with E-state index < -0.39 is 5.97 Å². The van der Waals surface area contributed by atoms with Crippen LogP contribution in [0.4, 0.5) is 11.4 Å². The van der Waals surface area contributed by atoms with E-state index in [2.05, 4.69) is 9.73 Å². The van der Waals surface area contributed by atoms with Gasteiger partial charge in [-0.2, -0.15) is 0 Å². The number of nitrogens with two attached hydrogens (primary N) is 1. The summed E-state index contributed by atoms with van der Waals surface area (Å²) in [6, 6.07) is 19.1. The number of rotatable bonds is 3. The highest BCUT2D eigenvalue weighted by molar-refractivity contribution is 6.04. The van der Waals surface area contributed by atoms with Crippen LogP contribution in [-0.4, -0.2) is 17.0 Å². The molecule has 0 spiro atoms. The van der Waals surface area contributed by atoms with Crippen LogP contribution < -0.4 is 11.1 Å². The maximum atomic E-state index is 11.8. The Hall–Kier alpha value is -3.54. The molecule has 6 heteroatoms. The molecule has 0 radical (unpaired) electrons. The lowest BCUT2D eigenvalue weighted by Gasteiger charge is -2.05. The van der Waals surface area contributed by atoms with E-state index in [-0.39, 0.29) is 11.7 Å². The van der Waals surface area contributed by atoms with E-state index in [9.17, 15) is 9.59 Å². The van der Waals surface area contributed by atoms with Crippen LogP contribution in [0.3, 0.4) is 0 Å². The first-order chi connectivity index (χ1) is 11.6. The predicted molar refractivity (Wildman–Crippen MR) is 90.9 cm³/mol. The highest BCUT2D eigenvalue weighted by Gasteiger charge is 2.04. The summed E-state index contributed by atoms with van der Waals surface area (Å²) in [7, 11) is 0. The standard InChI is InChI=1S/C13H12N2O.C5H4O3/c14-11-7-4-8-12(9-11)15-13(16)10-5-2-1-3-6-10;6-5(7)4-2-1-3-8-4/h1-9H,14H2,(H,15,16);1-3H,(H,6,7). The summed E-state index contributed by atoms with van der Waals surface area (Å²) in [5.41, 5.74) is 7.58. The first-order valence-electron chi connectivity index (χ1n) is 7.05. The molecule has 0 unspecified atom stereocenters. The van der Waals surface area contributed by atoms with Crippen molar-refractivity contribution in [2.24, 2.45) is 0 Å². The van der Waals surface area contributed by atoms with E-state index >= 15 is 0 Å². The van der Waals surface area contributed by atoms with Crippen molar-refractivity contribution in [1.29, 1.82) is 0 Å². The van der Waals surface area contributed by atoms with Gasteiger partial charge in [0.15, 0.2) is 0 Å². The predicted octanol–water partition coefficient (Wildman–Crippen LogP) is 3.50. The van der Waals surface area contributed by atoms with Gasteiger partial charge in [-0.3, -0.25) is 4.79 Å². The van der Waals surface area contributed by atoms with Crippen LogP contribution in [0.5, 0.6) is 0 Å². The zero-order chi connectivity index (χ0) is 17.4. The molecule has 1 aromatic heterocycles. The number of anilines is 2. The van der Waals surface area contributed by atoms with Gasteiger partial charge in [-0.05, 0) is 42.5 Å². The molecule has 0 bridgehead atoms. The minimum atomic E-state index is -1.03. The Bertz CT molecular complexity index is 799. The van der Waals surface area contributed by atoms with Gasteiger partial charge in [-0.1, -0.05) is 24.3 Å². The summed E-state index contributed by atoms with van der Waals surface area (Å²) in [6.07, 6.45) is 1.32. The zero-order valence-electron chi connectivity index (χ0n) is 12.7. The van der Waals surface area contributed by atoms with E-state index in [1.54, 1.807) is 36.4 Å². The van der Waals surface area contributed by atoms with Crippen LogP contribution in [0.1, 0.15) is 20.9 Å². The number of amides is 1. The van der Waals surface area contributed by atoms with E-state index in [1.807, 2.05) is 18.2 Å². The third kappa shape index (κ3) is 5.03. The van der Waals surface area contributed by atoms with Crippen LogP contribution in [0.15, 0.2) is 77.4 Å². The highest BCUT2D eigenvalue weighted by Crippen LogP contribution is 2.13. The fourth-order valence-corrected chi connectivity index (χ4v) is 1.81. The Kier molecular flexibility index (Phi) is 5.74. The van der Waals surface area contributed by atoms with E-state index in [0.717, 1.165) is 0 Å². The van der Waals surface area contributed by atoms with Crippen LogP contribution in [-0.2, 0) is 0 Å². The average Bonchev–Trinajstić information content (AvgIpc) is 3.11. The van der Waals surface area contributed by atoms with Gasteiger partial charge in [0.05, 0.1) is 6.26 Å². The number of nitrogens with one attached hydrogen (secondary N) is 1. The van der Waals surface area contributed by atoms with E-state index in [4.69, 9.17) is 10.8 Å². The molecule has 24 heavy (non-hydrogen) atoms. The summed E-state index contributed by atoms with van der Waals surface area (Å²) >= 11 is 0. The van der Waals surface area contributed by atoms with Crippen molar-refractivity contribution in [3.8, 4) is 0 Å². The molecular weight excluding hydrogens is 308 g/mol. The molecular formula is C18H16N2O4. The number of carboxylic acid groups (broad SMARTS) is 1. The topological polar surface area (TPSA) is 106 Å². The number of carboxylic acids is 1. The summed E-state index contributed by atoms with van der Waals surface area (Å²) in [5.74, 6) is -1.19. The van der Waals surface area contributed by atoms with Crippen molar-refractivity contribution in [2.45, 2.75) is 0 Å². The van der Waals surface area contributed by atoms with Crippen molar-refractivity contribution in [3.05, 3.63) is 84.3 Å². The number of hydrogen-bond acceptors (Lipinski definition) is 4. The first kappa shape index (κ1) is 16.8. The summed E-state index contributed by atoms with van der Waals surface area (Å²) in [5, 5.41) is 11.0. The largest absolute Gasteiger partial charge is 0.475 e. The average molecular weight is 324 g/mol. The fourth-order valence-electron chi connectivity index (χ4n) is 1.81. The number of carbonyl (C=O) groups is 2. The second-order valence-electron chi connectivity index (χ2n) is 4.73. The number of aromatic carboxylic acids is 1. The molecule has 0 aliphatic heterocycles. The number of carbonyl (C=O) groups excluding carboxylic acids is 1. The lowest BCUT2D eigenvalue weighted by molar-refractivity contribution is 0.0662. The van der Waals surface area contributed by atoms with Gasteiger partial charge in [-0.25, -0.2) is 4.79 Å². The molecule has 0 aliphatic carbocycles. The molecule has 6 nitrogen and oxygen atoms in total. The molecule has 3 rings (SSSR count). The monoisotopic (exact) mass is 324 g/mol. The van der Waals surface area contributed by atoms with Crippen LogP contribution in [0.2, 0.25) is 0 Å². The number of benzene rings is 2. The normalized spacial score (nSPS) is 9.50. The van der Waals surface area contributed by atoms with Crippen LogP contribution in [0, 0.1) is 0 Å². The molecule has 4 N–H and O–H groups in total. The Labute approximate surface area is 138 Å². The molecule has 0 saturated heterocycles. The second-order valence-corrected chi connectivity index (χ2v) is 4.73. The second kappa shape index (κ2) is 8.19. The minimum Gasteiger partial charge on any atom is -0.475 e. The lowest BCUT2D eigenvalue weighted by atomic mass is 10.2. The van der Waals surface area contributed by atoms with Gasteiger partial charge in [0.25, 0.3) is 5.91 Å². The third-order valence-electron chi connectivity index (χ3n) is 2.91. The number of furan rings is 1. The fraction of sp³-hybridized carbons (Fsp3) is 0. The first-order valence-corrected chi connectivity index (χ1v) is 7.05. The number of hydrogen-bond donors (Lipinski definition) is 3. The summed E-state index contributed by atoms with van der Waals surface area (Å²) < 4.78 is 4.50. The molecule has 2 aromatic carbocycles. The van der Waals surface area contributed by atoms with Gasteiger partial charge in [-0.15, -0.1) is 0 Å². The molecule has 1 heterocycles. The van der Waals surface area contributed by atoms with E-state index in [0.29, 0.717) is 16.9 Å². The van der Waals surface area contributed by atoms with Gasteiger partial charge in [0, 0.05) is 16.9 Å². The lowest BCUT2D eigenvalue weighted by Crippen LogP contribution is -2.11. The maximum absolute atomic E-state index is 11.8. The third-order valence-corrected chi connectivity index (χ3v) is 2.91. The Morgan fingerprint density at radius 2 is 1.71 bits per heavy atom. The van der Waals surface area contributed by atoms with Crippen LogP contribution in [0.25, 0.3) is 0 Å². The van der Waals surface area contributed by atoms with Gasteiger partial charge >= 0.3 is 5.97 Å². The Morgan fingerprint density at radius 3 is 2.25 bits per heavy atom. The van der Waals surface area contributed by atoms with Gasteiger partial charge < -0.3 is 20.6 Å². The van der Waals surface area contributed by atoms with Crippen molar-refractivity contribution < 1.29 is 19.1 Å². The summed E-state index contributed by atoms with van der Waals surface area (Å²) in [4.78, 5) is 21.7. The highest BCUT2D eigenvalue weighted by atomic mass is 16.4. The quantitative estimate of drug-likeness (QED) is 0.639. The molecule has 0 atom stereocenters. The van der Waals surface area contributed by atoms with Crippen molar-refractivity contribution in [3.63, 3.8) is 0 Å². The van der Waals surface area contributed by atoms with Crippen molar-refractivity contribution in [2.75, 3.05) is 11.1 Å². The molecule has 3 aromatic rings. The van der Waals surface area contributed by atoms with Crippen LogP contribution >= 0.6 is 0 Å². The molecule has 0 fully saturated rings. The van der Waals surface area contributed by atoms with Gasteiger partial charge in [0.1, 0.15) is 0 Å². The Morgan fingerprint density at radius 1 is 0.958 bits per heavy atom. The van der Waals surface area contributed by atoms with Crippen molar-refractivity contribution in [1.82, 2.24) is 0 Å². The molecule has 0 saturated carbocycles. The Balaban J connectivity index is 0.000000219. The van der Waals surface area contributed by atoms with Gasteiger partial charge in [0.2, 0.25) is 5.76 Å². The molecule has 0 aliphatic rings. The number of nitrogen functional groups attached to an aromatic ring is 1. The minimum absolute atomic E-state index is 0.0231. The van der Waals surface area contributed by atoms with Crippen molar-refractivity contribution >= 4 is 23.3 Å². The zero-order valence-corrected chi connectivity index (χ0v) is 12.7. The maximum Gasteiger partial charge on any atom is 0.371 e. The smallest absolute Gasteiger partial charge is 0.371 e.